The van der Waals surface area contributed by atoms with Gasteiger partial charge in [-0.15, -0.1) is 11.3 Å². The van der Waals surface area contributed by atoms with Crippen LogP contribution < -0.4 is 5.32 Å². The summed E-state index contributed by atoms with van der Waals surface area (Å²) in [5, 5.41) is 13.5. The molecular formula is C11H9FN2O2S. The van der Waals surface area contributed by atoms with Crippen molar-refractivity contribution in [3.63, 3.8) is 0 Å². The molecule has 0 bridgehead atoms. The second-order valence-electron chi connectivity index (χ2n) is 3.43. The minimum absolute atomic E-state index is 0.0217. The molecule has 2 aromatic rings. The molecule has 1 aromatic carbocycles. The smallest absolute Gasteiger partial charge is 0.355 e. The van der Waals surface area contributed by atoms with Crippen LogP contribution in [0.2, 0.25) is 0 Å². The fourth-order valence-electron chi connectivity index (χ4n) is 1.27. The van der Waals surface area contributed by atoms with E-state index in [-0.39, 0.29) is 11.5 Å². The molecule has 0 saturated heterocycles. The van der Waals surface area contributed by atoms with E-state index in [4.69, 9.17) is 5.11 Å². The quantitative estimate of drug-likeness (QED) is 0.881. The minimum Gasteiger partial charge on any atom is -0.476 e. The Bertz CT molecular complexity index is 568. The summed E-state index contributed by atoms with van der Waals surface area (Å²) in [7, 11) is 0. The first kappa shape index (κ1) is 11.5. The summed E-state index contributed by atoms with van der Waals surface area (Å²) >= 11 is 1.16. The van der Waals surface area contributed by atoms with Crippen molar-refractivity contribution in [3.8, 4) is 0 Å². The third-order valence-electron chi connectivity index (χ3n) is 2.16. The van der Waals surface area contributed by atoms with Gasteiger partial charge in [0.15, 0.2) is 10.8 Å². The van der Waals surface area contributed by atoms with Crippen LogP contribution >= 0.6 is 11.3 Å². The average molecular weight is 252 g/mol. The Labute approximate surface area is 101 Å². The van der Waals surface area contributed by atoms with Crippen molar-refractivity contribution >= 4 is 28.1 Å². The van der Waals surface area contributed by atoms with E-state index < -0.39 is 5.97 Å². The molecule has 0 atom stereocenters. The number of aryl methyl sites for hydroxylation is 1. The molecule has 1 heterocycles. The summed E-state index contributed by atoms with van der Waals surface area (Å²) < 4.78 is 13.0. The van der Waals surface area contributed by atoms with Crippen molar-refractivity contribution in [2.24, 2.45) is 0 Å². The maximum absolute atomic E-state index is 13.0. The number of thiazole rings is 1. The number of aromatic carboxylic acids is 1. The van der Waals surface area contributed by atoms with Crippen molar-refractivity contribution in [2.45, 2.75) is 6.92 Å². The second kappa shape index (κ2) is 4.50. The van der Waals surface area contributed by atoms with Gasteiger partial charge in [-0.25, -0.2) is 14.2 Å². The summed E-state index contributed by atoms with van der Waals surface area (Å²) in [6.07, 6.45) is 0. The predicted molar refractivity (Wildman–Crippen MR) is 63.5 cm³/mol. The highest BCUT2D eigenvalue weighted by atomic mass is 32.1. The van der Waals surface area contributed by atoms with Crippen molar-refractivity contribution in [1.29, 1.82) is 0 Å². The van der Waals surface area contributed by atoms with Gasteiger partial charge in [0.25, 0.3) is 0 Å². The van der Waals surface area contributed by atoms with Gasteiger partial charge in [0.2, 0.25) is 0 Å². The van der Waals surface area contributed by atoms with Crippen LogP contribution in [-0.4, -0.2) is 16.1 Å². The Kier molecular flexibility index (Phi) is 3.06. The lowest BCUT2D eigenvalue weighted by molar-refractivity contribution is 0.0691. The molecule has 0 aliphatic rings. The normalized spacial score (nSPS) is 10.2. The van der Waals surface area contributed by atoms with Crippen LogP contribution in [0.15, 0.2) is 23.6 Å². The van der Waals surface area contributed by atoms with Crippen LogP contribution in [0.4, 0.5) is 15.2 Å². The van der Waals surface area contributed by atoms with E-state index in [0.29, 0.717) is 10.8 Å². The van der Waals surface area contributed by atoms with E-state index in [1.165, 1.54) is 17.5 Å². The van der Waals surface area contributed by atoms with Gasteiger partial charge in [0.05, 0.1) is 0 Å². The monoisotopic (exact) mass is 252 g/mol. The highest BCUT2D eigenvalue weighted by molar-refractivity contribution is 7.14. The third-order valence-corrected chi connectivity index (χ3v) is 2.92. The minimum atomic E-state index is -1.08. The van der Waals surface area contributed by atoms with E-state index in [1.807, 2.05) is 6.92 Å². The highest BCUT2D eigenvalue weighted by Gasteiger charge is 2.09. The molecule has 17 heavy (non-hydrogen) atoms. The summed E-state index contributed by atoms with van der Waals surface area (Å²) in [6, 6.07) is 4.35. The molecule has 0 unspecified atom stereocenters. The molecule has 2 N–H and O–H groups in total. The Balaban J connectivity index is 2.25. The summed E-state index contributed by atoms with van der Waals surface area (Å²) in [4.78, 5) is 14.5. The van der Waals surface area contributed by atoms with Gasteiger partial charge < -0.3 is 10.4 Å². The van der Waals surface area contributed by atoms with Gasteiger partial charge in [-0.2, -0.15) is 0 Å². The first-order chi connectivity index (χ1) is 8.06. The molecule has 88 valence electrons. The number of hydrogen-bond donors (Lipinski definition) is 2. The van der Waals surface area contributed by atoms with Crippen LogP contribution in [0, 0.1) is 12.7 Å². The zero-order valence-electron chi connectivity index (χ0n) is 8.90. The van der Waals surface area contributed by atoms with Gasteiger partial charge in [0, 0.05) is 11.1 Å². The predicted octanol–water partition coefficient (Wildman–Crippen LogP) is 3.03. The first-order valence-electron chi connectivity index (χ1n) is 4.78. The Morgan fingerprint density at radius 3 is 2.94 bits per heavy atom. The number of benzene rings is 1. The van der Waals surface area contributed by atoms with E-state index in [9.17, 15) is 9.18 Å². The molecule has 0 spiro atoms. The van der Waals surface area contributed by atoms with Crippen LogP contribution in [0.25, 0.3) is 0 Å². The van der Waals surface area contributed by atoms with E-state index in [0.717, 1.165) is 16.9 Å². The summed E-state index contributed by atoms with van der Waals surface area (Å²) in [6.45, 7) is 1.83. The lowest BCUT2D eigenvalue weighted by Gasteiger charge is -2.06. The van der Waals surface area contributed by atoms with E-state index >= 15 is 0 Å². The molecule has 0 saturated carbocycles. The van der Waals surface area contributed by atoms with Gasteiger partial charge in [-0.3, -0.25) is 0 Å². The summed E-state index contributed by atoms with van der Waals surface area (Å²) in [5.74, 6) is -1.43. The SMILES string of the molecule is Cc1ccc(F)cc1Nc1nc(C(=O)O)cs1. The Morgan fingerprint density at radius 2 is 2.29 bits per heavy atom. The van der Waals surface area contributed by atoms with Crippen LogP contribution in [0.5, 0.6) is 0 Å². The third kappa shape index (κ3) is 2.59. The Morgan fingerprint density at radius 1 is 1.53 bits per heavy atom. The number of aromatic nitrogens is 1. The van der Waals surface area contributed by atoms with Gasteiger partial charge >= 0.3 is 5.97 Å². The number of carbonyl (C=O) groups is 1. The second-order valence-corrected chi connectivity index (χ2v) is 4.29. The number of nitrogens with zero attached hydrogens (tertiary/aromatic N) is 1. The largest absolute Gasteiger partial charge is 0.476 e. The van der Waals surface area contributed by atoms with Gasteiger partial charge in [-0.1, -0.05) is 6.07 Å². The summed E-state index contributed by atoms with van der Waals surface area (Å²) in [5.41, 5.74) is 1.42. The molecular weight excluding hydrogens is 243 g/mol. The maximum atomic E-state index is 13.0. The standard InChI is InChI=1S/C11H9FN2O2S/c1-6-2-3-7(12)4-8(6)13-11-14-9(5-17-11)10(15)16/h2-5H,1H3,(H,13,14)(H,15,16). The van der Waals surface area contributed by atoms with Crippen molar-refractivity contribution in [1.82, 2.24) is 4.98 Å². The number of carboxylic acid groups (broad SMARTS) is 1. The lowest BCUT2D eigenvalue weighted by atomic mass is 10.2. The van der Waals surface area contributed by atoms with Crippen molar-refractivity contribution in [2.75, 3.05) is 5.32 Å². The molecule has 1 aromatic heterocycles. The van der Waals surface area contributed by atoms with Gasteiger partial charge in [0.1, 0.15) is 5.82 Å². The fourth-order valence-corrected chi connectivity index (χ4v) is 1.97. The molecule has 0 amide bonds. The zero-order valence-corrected chi connectivity index (χ0v) is 9.71. The topological polar surface area (TPSA) is 62.2 Å². The van der Waals surface area contributed by atoms with Crippen LogP contribution in [0.1, 0.15) is 16.1 Å². The molecule has 0 aliphatic carbocycles. The van der Waals surface area contributed by atoms with Crippen molar-refractivity contribution < 1.29 is 14.3 Å². The fraction of sp³-hybridized carbons (Fsp3) is 0.0909. The number of rotatable bonds is 3. The van der Waals surface area contributed by atoms with E-state index in [2.05, 4.69) is 10.3 Å². The molecule has 0 aliphatic heterocycles. The Hall–Kier alpha value is -1.95. The van der Waals surface area contributed by atoms with Crippen LogP contribution in [-0.2, 0) is 0 Å². The molecule has 0 radical (unpaired) electrons. The maximum Gasteiger partial charge on any atom is 0.355 e. The molecule has 0 fully saturated rings. The van der Waals surface area contributed by atoms with Crippen LogP contribution in [0.3, 0.4) is 0 Å². The lowest BCUT2D eigenvalue weighted by Crippen LogP contribution is -1.98. The number of hydrogen-bond acceptors (Lipinski definition) is 4. The molecule has 4 nitrogen and oxygen atoms in total. The number of nitrogens with one attached hydrogen (secondary N) is 1. The number of anilines is 2. The zero-order chi connectivity index (χ0) is 12.4. The molecule has 6 heteroatoms. The van der Waals surface area contributed by atoms with E-state index in [1.54, 1.807) is 6.07 Å². The van der Waals surface area contributed by atoms with Crippen molar-refractivity contribution in [3.05, 3.63) is 40.7 Å². The highest BCUT2D eigenvalue weighted by Crippen LogP contribution is 2.24. The first-order valence-corrected chi connectivity index (χ1v) is 5.66. The number of carboxylic acids is 1. The average Bonchev–Trinajstić information content (AvgIpc) is 2.72. The van der Waals surface area contributed by atoms with Gasteiger partial charge in [-0.05, 0) is 24.6 Å². The number of halogens is 1. The molecule has 2 rings (SSSR count).